The van der Waals surface area contributed by atoms with Crippen LogP contribution in [-0.2, 0) is 9.59 Å². The summed E-state index contributed by atoms with van der Waals surface area (Å²) in [6.45, 7) is 2.87. The minimum absolute atomic E-state index is 0.0154. The molecule has 2 aliphatic rings. The molecule has 2 aliphatic heterocycles. The molecule has 0 spiro atoms. The molecule has 2 N–H and O–H groups in total. The molecule has 2 heterocycles. The van der Waals surface area contributed by atoms with Gasteiger partial charge in [-0.3, -0.25) is 9.59 Å². The van der Waals surface area contributed by atoms with E-state index in [1.165, 1.54) is 18.2 Å². The third-order valence-electron chi connectivity index (χ3n) is 4.77. The van der Waals surface area contributed by atoms with E-state index in [9.17, 15) is 14.0 Å². The van der Waals surface area contributed by atoms with Gasteiger partial charge in [0.15, 0.2) is 0 Å². The highest BCUT2D eigenvalue weighted by atomic mass is 35.5. The fourth-order valence-electron chi connectivity index (χ4n) is 3.30. The first-order valence-corrected chi connectivity index (χ1v) is 8.68. The normalized spacial score (nSPS) is 21.8. The van der Waals surface area contributed by atoms with Crippen LogP contribution in [0.1, 0.15) is 19.3 Å². The van der Waals surface area contributed by atoms with E-state index in [0.717, 1.165) is 19.5 Å². The second-order valence-corrected chi connectivity index (χ2v) is 6.81. The molecule has 0 saturated carbocycles. The Balaban J connectivity index is 1.51. The van der Waals surface area contributed by atoms with Crippen LogP contribution in [0.25, 0.3) is 0 Å². The average Bonchev–Trinajstić information content (AvgIpc) is 3.12. The van der Waals surface area contributed by atoms with Gasteiger partial charge >= 0.3 is 0 Å². The number of hydrogen-bond acceptors (Lipinski definition) is 3. The van der Waals surface area contributed by atoms with Crippen LogP contribution < -0.4 is 10.6 Å². The third kappa shape index (κ3) is 3.87. The maximum absolute atomic E-state index is 13.2. The van der Waals surface area contributed by atoms with Crippen LogP contribution >= 0.6 is 11.6 Å². The van der Waals surface area contributed by atoms with Gasteiger partial charge in [0.05, 0.1) is 10.9 Å². The van der Waals surface area contributed by atoms with E-state index in [-0.39, 0.29) is 28.7 Å². The van der Waals surface area contributed by atoms with Gasteiger partial charge in [-0.05, 0) is 44.0 Å². The Bertz CT molecular complexity index is 626. The predicted octanol–water partition coefficient (Wildman–Crippen LogP) is 2.27. The first-order valence-electron chi connectivity index (χ1n) is 8.30. The Morgan fingerprint density at radius 3 is 2.58 bits per heavy atom. The van der Waals surface area contributed by atoms with E-state index >= 15 is 0 Å². The number of nitrogens with zero attached hydrogens (tertiary/aromatic N) is 1. The van der Waals surface area contributed by atoms with Gasteiger partial charge in [-0.15, -0.1) is 0 Å². The monoisotopic (exact) mass is 353 g/mol. The van der Waals surface area contributed by atoms with Crippen molar-refractivity contribution < 1.29 is 14.0 Å². The number of amides is 2. The van der Waals surface area contributed by atoms with Crippen molar-refractivity contribution in [3.63, 3.8) is 0 Å². The zero-order valence-corrected chi connectivity index (χ0v) is 14.1. The Kier molecular flexibility index (Phi) is 5.36. The molecule has 0 bridgehead atoms. The summed E-state index contributed by atoms with van der Waals surface area (Å²) in [4.78, 5) is 26.6. The van der Waals surface area contributed by atoms with Gasteiger partial charge in [0.25, 0.3) is 0 Å². The van der Waals surface area contributed by atoms with Crippen LogP contribution in [0.15, 0.2) is 18.2 Å². The minimum atomic E-state index is -0.511. The van der Waals surface area contributed by atoms with Crippen molar-refractivity contribution in [2.45, 2.75) is 19.3 Å². The highest BCUT2D eigenvalue weighted by Gasteiger charge is 2.31. The first-order chi connectivity index (χ1) is 11.5. The Hall–Kier alpha value is -1.66. The SMILES string of the molecule is O=C(Nc1ccc(F)c(Cl)c1)C1CCN(C(=O)C2CCNC2)CC1. The molecule has 1 aromatic rings. The van der Waals surface area contributed by atoms with Gasteiger partial charge in [0.2, 0.25) is 11.8 Å². The number of benzene rings is 1. The molecule has 2 amide bonds. The molecule has 0 aromatic heterocycles. The zero-order valence-electron chi connectivity index (χ0n) is 13.4. The van der Waals surface area contributed by atoms with Crippen molar-refractivity contribution in [3.8, 4) is 0 Å². The summed E-state index contributed by atoms with van der Waals surface area (Å²) in [5, 5.41) is 5.97. The van der Waals surface area contributed by atoms with Gasteiger partial charge in [-0.25, -0.2) is 4.39 Å². The highest BCUT2D eigenvalue weighted by Crippen LogP contribution is 2.24. The molecule has 1 atom stereocenters. The van der Waals surface area contributed by atoms with Crippen molar-refractivity contribution in [2.75, 3.05) is 31.5 Å². The molecule has 2 saturated heterocycles. The Labute approximate surface area is 145 Å². The number of likely N-dealkylation sites (tertiary alicyclic amines) is 1. The number of piperidine rings is 1. The number of carbonyl (C=O) groups excluding carboxylic acids is 2. The number of halogens is 2. The molecule has 0 aliphatic carbocycles. The molecule has 0 radical (unpaired) electrons. The van der Waals surface area contributed by atoms with Gasteiger partial charge in [0.1, 0.15) is 5.82 Å². The van der Waals surface area contributed by atoms with Crippen LogP contribution in [0.2, 0.25) is 5.02 Å². The number of hydrogen-bond donors (Lipinski definition) is 2. The molecule has 130 valence electrons. The summed E-state index contributed by atoms with van der Waals surface area (Å²) in [6.07, 6.45) is 2.18. The predicted molar refractivity (Wildman–Crippen MR) is 90.3 cm³/mol. The summed E-state index contributed by atoms with van der Waals surface area (Å²) in [5.74, 6) is -0.476. The van der Waals surface area contributed by atoms with Gasteiger partial charge < -0.3 is 15.5 Å². The van der Waals surface area contributed by atoms with Crippen LogP contribution in [0.3, 0.4) is 0 Å². The van der Waals surface area contributed by atoms with E-state index in [2.05, 4.69) is 10.6 Å². The van der Waals surface area contributed by atoms with E-state index in [1.54, 1.807) is 0 Å². The molecule has 24 heavy (non-hydrogen) atoms. The molecular formula is C17H21ClFN3O2. The lowest BCUT2D eigenvalue weighted by Crippen LogP contribution is -2.44. The molecule has 2 fully saturated rings. The smallest absolute Gasteiger partial charge is 0.227 e. The minimum Gasteiger partial charge on any atom is -0.342 e. The van der Waals surface area contributed by atoms with Crippen molar-refractivity contribution in [2.24, 2.45) is 11.8 Å². The second kappa shape index (κ2) is 7.49. The highest BCUT2D eigenvalue weighted by molar-refractivity contribution is 6.31. The summed E-state index contributed by atoms with van der Waals surface area (Å²) in [7, 11) is 0. The number of carbonyl (C=O) groups is 2. The number of rotatable bonds is 3. The zero-order chi connectivity index (χ0) is 17.1. The fourth-order valence-corrected chi connectivity index (χ4v) is 3.48. The summed E-state index contributed by atoms with van der Waals surface area (Å²) in [6, 6.07) is 4.13. The molecule has 5 nitrogen and oxygen atoms in total. The van der Waals surface area contributed by atoms with Gasteiger partial charge in [0, 0.05) is 31.2 Å². The van der Waals surface area contributed by atoms with Crippen molar-refractivity contribution in [1.29, 1.82) is 0 Å². The van der Waals surface area contributed by atoms with Crippen LogP contribution in [0.5, 0.6) is 0 Å². The maximum Gasteiger partial charge on any atom is 0.227 e. The summed E-state index contributed by atoms with van der Waals surface area (Å²) < 4.78 is 13.2. The average molecular weight is 354 g/mol. The molecular weight excluding hydrogens is 333 g/mol. The van der Waals surface area contributed by atoms with Gasteiger partial charge in [-0.1, -0.05) is 11.6 Å². The molecule has 1 unspecified atom stereocenters. The van der Waals surface area contributed by atoms with E-state index in [0.29, 0.717) is 31.6 Å². The van der Waals surface area contributed by atoms with E-state index < -0.39 is 5.82 Å². The van der Waals surface area contributed by atoms with Crippen LogP contribution in [0.4, 0.5) is 10.1 Å². The third-order valence-corrected chi connectivity index (χ3v) is 5.06. The van der Waals surface area contributed by atoms with Crippen molar-refractivity contribution in [3.05, 3.63) is 29.0 Å². The molecule has 3 rings (SSSR count). The quantitative estimate of drug-likeness (QED) is 0.876. The van der Waals surface area contributed by atoms with Gasteiger partial charge in [-0.2, -0.15) is 0 Å². The van der Waals surface area contributed by atoms with E-state index in [4.69, 9.17) is 11.6 Å². The first kappa shape index (κ1) is 17.2. The molecule has 7 heteroatoms. The Morgan fingerprint density at radius 1 is 1.21 bits per heavy atom. The maximum atomic E-state index is 13.2. The van der Waals surface area contributed by atoms with Crippen molar-refractivity contribution >= 4 is 29.1 Å². The lowest BCUT2D eigenvalue weighted by Gasteiger charge is -2.32. The second-order valence-electron chi connectivity index (χ2n) is 6.41. The summed E-state index contributed by atoms with van der Waals surface area (Å²) >= 11 is 5.72. The largest absolute Gasteiger partial charge is 0.342 e. The lowest BCUT2D eigenvalue weighted by atomic mass is 9.94. The Morgan fingerprint density at radius 2 is 1.96 bits per heavy atom. The summed E-state index contributed by atoms with van der Waals surface area (Å²) in [5.41, 5.74) is 0.488. The number of nitrogens with one attached hydrogen (secondary N) is 2. The molecule has 1 aromatic carbocycles. The van der Waals surface area contributed by atoms with Crippen LogP contribution in [-0.4, -0.2) is 42.9 Å². The topological polar surface area (TPSA) is 61.4 Å². The van der Waals surface area contributed by atoms with Crippen molar-refractivity contribution in [1.82, 2.24) is 10.2 Å². The lowest BCUT2D eigenvalue weighted by molar-refractivity contribution is -0.137. The number of anilines is 1. The van der Waals surface area contributed by atoms with Crippen LogP contribution in [0, 0.1) is 17.7 Å². The van der Waals surface area contributed by atoms with E-state index in [1.807, 2.05) is 4.90 Å². The standard InChI is InChI=1S/C17H21ClFN3O2/c18-14-9-13(1-2-15(14)19)21-16(23)11-4-7-22(8-5-11)17(24)12-3-6-20-10-12/h1-2,9,11-12,20H,3-8,10H2,(H,21,23). The fraction of sp³-hybridized carbons (Fsp3) is 0.529.